The van der Waals surface area contributed by atoms with Crippen molar-refractivity contribution in [2.45, 2.75) is 6.92 Å². The first-order chi connectivity index (χ1) is 15.2. The standard InChI is InChI=1S/C25H20N6/c1-3-6-20(18-8-5-10-27-14-18)21-12-23(29-16(21)2)24-22-11-19(15-28-25(22)31-30-24)17-7-4-9-26-13-17/h3-15,29H,1H2,2H3,(H,28,30,31)/b20-6-. The number of aromatic nitrogens is 6. The van der Waals surface area contributed by atoms with Gasteiger partial charge < -0.3 is 4.98 Å². The second-order valence-corrected chi connectivity index (χ2v) is 7.21. The average Bonchev–Trinajstić information content (AvgIpc) is 3.41. The van der Waals surface area contributed by atoms with Crippen LogP contribution in [0.2, 0.25) is 0 Å². The van der Waals surface area contributed by atoms with E-state index in [9.17, 15) is 0 Å². The van der Waals surface area contributed by atoms with Crippen LogP contribution in [-0.2, 0) is 0 Å². The zero-order valence-corrected chi connectivity index (χ0v) is 17.0. The normalized spacial score (nSPS) is 11.7. The Morgan fingerprint density at radius 2 is 1.84 bits per heavy atom. The summed E-state index contributed by atoms with van der Waals surface area (Å²) in [6.45, 7) is 5.94. The van der Waals surface area contributed by atoms with Crippen molar-refractivity contribution < 1.29 is 0 Å². The number of aromatic amines is 2. The monoisotopic (exact) mass is 404 g/mol. The fraction of sp³-hybridized carbons (Fsp3) is 0.0400. The summed E-state index contributed by atoms with van der Waals surface area (Å²) in [5.74, 6) is 0. The largest absolute Gasteiger partial charge is 0.357 e. The van der Waals surface area contributed by atoms with E-state index < -0.39 is 0 Å². The van der Waals surface area contributed by atoms with Gasteiger partial charge in [0.05, 0.1) is 11.4 Å². The molecule has 0 aliphatic carbocycles. The summed E-state index contributed by atoms with van der Waals surface area (Å²) in [4.78, 5) is 16.5. The van der Waals surface area contributed by atoms with Crippen molar-refractivity contribution in [3.63, 3.8) is 0 Å². The van der Waals surface area contributed by atoms with E-state index in [0.717, 1.165) is 50.3 Å². The summed E-state index contributed by atoms with van der Waals surface area (Å²) < 4.78 is 0. The number of nitrogens with zero attached hydrogens (tertiary/aromatic N) is 4. The number of nitrogens with one attached hydrogen (secondary N) is 2. The van der Waals surface area contributed by atoms with E-state index >= 15 is 0 Å². The maximum atomic E-state index is 4.53. The minimum atomic E-state index is 0.672. The summed E-state index contributed by atoms with van der Waals surface area (Å²) in [6.07, 6.45) is 12.8. The van der Waals surface area contributed by atoms with Crippen LogP contribution in [-0.4, -0.2) is 30.1 Å². The summed E-state index contributed by atoms with van der Waals surface area (Å²) in [5.41, 5.74) is 8.74. The highest BCUT2D eigenvalue weighted by atomic mass is 15.2. The Labute approximate surface area is 179 Å². The molecule has 0 bridgehead atoms. The zero-order valence-electron chi connectivity index (χ0n) is 17.0. The molecule has 5 aromatic rings. The van der Waals surface area contributed by atoms with E-state index in [1.54, 1.807) is 18.5 Å². The summed E-state index contributed by atoms with van der Waals surface area (Å²) in [6, 6.07) is 12.1. The van der Waals surface area contributed by atoms with Crippen LogP contribution < -0.4 is 0 Å². The van der Waals surface area contributed by atoms with Gasteiger partial charge >= 0.3 is 0 Å². The van der Waals surface area contributed by atoms with Crippen LogP contribution in [0.1, 0.15) is 16.8 Å². The van der Waals surface area contributed by atoms with Crippen LogP contribution in [0.4, 0.5) is 0 Å². The zero-order chi connectivity index (χ0) is 21.2. The smallest absolute Gasteiger partial charge is 0.181 e. The predicted molar refractivity (Wildman–Crippen MR) is 123 cm³/mol. The molecular weight excluding hydrogens is 384 g/mol. The molecule has 0 aliphatic rings. The Kier molecular flexibility index (Phi) is 4.72. The maximum absolute atomic E-state index is 4.53. The predicted octanol–water partition coefficient (Wildman–Crippen LogP) is 5.34. The lowest BCUT2D eigenvalue weighted by Gasteiger charge is -2.06. The molecule has 31 heavy (non-hydrogen) atoms. The van der Waals surface area contributed by atoms with Crippen LogP contribution in [0.3, 0.4) is 0 Å². The summed E-state index contributed by atoms with van der Waals surface area (Å²) in [7, 11) is 0. The number of H-pyrrole nitrogens is 2. The first-order valence-corrected chi connectivity index (χ1v) is 9.92. The van der Waals surface area contributed by atoms with Gasteiger partial charge in [-0.1, -0.05) is 30.9 Å². The molecule has 0 radical (unpaired) electrons. The van der Waals surface area contributed by atoms with Gasteiger partial charge in [-0.2, -0.15) is 5.10 Å². The SMILES string of the molecule is C=C/C=C(/c1cccnc1)c1cc(-c2[nH]nc3ncc(-c4cccnc4)cc23)[nH]c1C. The van der Waals surface area contributed by atoms with Gasteiger partial charge in [0, 0.05) is 64.3 Å². The molecule has 6 nitrogen and oxygen atoms in total. The molecular formula is C25H20N6. The molecule has 0 spiro atoms. The van der Waals surface area contributed by atoms with E-state index in [1.807, 2.05) is 48.9 Å². The number of aryl methyl sites for hydroxylation is 1. The highest BCUT2D eigenvalue weighted by Gasteiger charge is 2.16. The quantitative estimate of drug-likeness (QED) is 0.388. The lowest BCUT2D eigenvalue weighted by Crippen LogP contribution is -1.89. The second-order valence-electron chi connectivity index (χ2n) is 7.21. The van der Waals surface area contributed by atoms with Crippen LogP contribution in [0.25, 0.3) is 39.1 Å². The Bertz CT molecular complexity index is 1390. The first kappa shape index (κ1) is 18.7. The Balaban J connectivity index is 1.62. The molecule has 0 atom stereocenters. The maximum Gasteiger partial charge on any atom is 0.181 e. The van der Waals surface area contributed by atoms with Crippen molar-refractivity contribution in [3.8, 4) is 22.5 Å². The molecule has 5 aromatic heterocycles. The molecule has 0 unspecified atom stereocenters. The van der Waals surface area contributed by atoms with E-state index in [4.69, 9.17) is 0 Å². The van der Waals surface area contributed by atoms with Crippen molar-refractivity contribution in [2.24, 2.45) is 0 Å². The molecule has 5 rings (SSSR count). The number of hydrogen-bond donors (Lipinski definition) is 2. The molecule has 5 heterocycles. The highest BCUT2D eigenvalue weighted by molar-refractivity contribution is 5.94. The van der Waals surface area contributed by atoms with Crippen molar-refractivity contribution in [3.05, 3.63) is 103 Å². The fourth-order valence-electron chi connectivity index (χ4n) is 3.75. The first-order valence-electron chi connectivity index (χ1n) is 9.92. The minimum absolute atomic E-state index is 0.672. The Morgan fingerprint density at radius 1 is 1.00 bits per heavy atom. The topological polar surface area (TPSA) is 83.1 Å². The molecule has 0 aliphatic heterocycles. The van der Waals surface area contributed by atoms with Gasteiger partial charge in [0.25, 0.3) is 0 Å². The molecule has 0 aromatic carbocycles. The van der Waals surface area contributed by atoms with Gasteiger partial charge in [-0.15, -0.1) is 0 Å². The molecule has 0 saturated heterocycles. The van der Waals surface area contributed by atoms with Crippen molar-refractivity contribution in [1.82, 2.24) is 30.1 Å². The van der Waals surface area contributed by atoms with Gasteiger partial charge in [-0.05, 0) is 36.8 Å². The van der Waals surface area contributed by atoms with E-state index in [2.05, 4.69) is 55.8 Å². The van der Waals surface area contributed by atoms with Crippen LogP contribution in [0.5, 0.6) is 0 Å². The molecule has 2 N–H and O–H groups in total. The third-order valence-corrected chi connectivity index (χ3v) is 5.24. The minimum Gasteiger partial charge on any atom is -0.357 e. The van der Waals surface area contributed by atoms with Gasteiger partial charge in [0.15, 0.2) is 5.65 Å². The number of hydrogen-bond acceptors (Lipinski definition) is 4. The van der Waals surface area contributed by atoms with Gasteiger partial charge in [0.2, 0.25) is 0 Å². The van der Waals surface area contributed by atoms with E-state index in [-0.39, 0.29) is 0 Å². The van der Waals surface area contributed by atoms with Crippen LogP contribution in [0.15, 0.2) is 86.1 Å². The third-order valence-electron chi connectivity index (χ3n) is 5.24. The van der Waals surface area contributed by atoms with Crippen LogP contribution in [0, 0.1) is 6.92 Å². The van der Waals surface area contributed by atoms with Crippen molar-refractivity contribution >= 4 is 16.6 Å². The Morgan fingerprint density at radius 3 is 2.58 bits per heavy atom. The highest BCUT2D eigenvalue weighted by Crippen LogP contribution is 2.33. The Hall–Kier alpha value is -4.32. The van der Waals surface area contributed by atoms with Gasteiger partial charge in [-0.25, -0.2) is 4.98 Å². The molecule has 150 valence electrons. The van der Waals surface area contributed by atoms with Crippen molar-refractivity contribution in [2.75, 3.05) is 0 Å². The molecule has 0 fully saturated rings. The lowest BCUT2D eigenvalue weighted by atomic mass is 9.99. The van der Waals surface area contributed by atoms with E-state index in [1.165, 1.54) is 0 Å². The second kappa shape index (κ2) is 7.84. The van der Waals surface area contributed by atoms with Gasteiger partial charge in [-0.3, -0.25) is 15.1 Å². The average molecular weight is 404 g/mol. The molecule has 0 amide bonds. The van der Waals surface area contributed by atoms with Crippen molar-refractivity contribution in [1.29, 1.82) is 0 Å². The summed E-state index contributed by atoms with van der Waals surface area (Å²) >= 11 is 0. The van der Waals surface area contributed by atoms with Crippen LogP contribution >= 0.6 is 0 Å². The molecule has 6 heteroatoms. The molecule has 0 saturated carbocycles. The number of fused-ring (bicyclic) bond motifs is 1. The fourth-order valence-corrected chi connectivity index (χ4v) is 3.75. The third kappa shape index (κ3) is 3.44. The summed E-state index contributed by atoms with van der Waals surface area (Å²) in [5, 5.41) is 8.49. The number of allylic oxidation sites excluding steroid dienone is 2. The number of pyridine rings is 3. The van der Waals surface area contributed by atoms with Gasteiger partial charge in [0.1, 0.15) is 0 Å². The lowest BCUT2D eigenvalue weighted by molar-refractivity contribution is 1.09. The van der Waals surface area contributed by atoms with E-state index in [0.29, 0.717) is 5.65 Å². The number of rotatable bonds is 5.